The highest BCUT2D eigenvalue weighted by Gasteiger charge is 2.05. The molecule has 0 radical (unpaired) electrons. The smallest absolute Gasteiger partial charge is 0.0574 e. The van der Waals surface area contributed by atoms with Crippen molar-refractivity contribution in [2.24, 2.45) is 5.73 Å². The molecule has 13 heavy (non-hydrogen) atoms. The van der Waals surface area contributed by atoms with E-state index in [0.29, 0.717) is 0 Å². The highest BCUT2D eigenvalue weighted by Crippen LogP contribution is 2.13. The van der Waals surface area contributed by atoms with Crippen LogP contribution in [0.15, 0.2) is 30.9 Å². The molecule has 1 rings (SSSR count). The van der Waals surface area contributed by atoms with Crippen molar-refractivity contribution in [2.75, 3.05) is 0 Å². The number of pyridine rings is 1. The van der Waals surface area contributed by atoms with E-state index in [1.807, 2.05) is 31.2 Å². The van der Waals surface area contributed by atoms with E-state index in [-0.39, 0.29) is 6.04 Å². The highest BCUT2D eigenvalue weighted by molar-refractivity contribution is 5.13. The molecule has 0 bridgehead atoms. The first-order valence-corrected chi connectivity index (χ1v) is 4.54. The molecule has 2 nitrogen and oxygen atoms in total. The Morgan fingerprint density at radius 1 is 1.62 bits per heavy atom. The molecule has 1 heterocycles. The van der Waals surface area contributed by atoms with Crippen LogP contribution >= 0.6 is 0 Å². The monoisotopic (exact) mass is 176 g/mol. The minimum absolute atomic E-state index is 0.0397. The molecule has 2 N–H and O–H groups in total. The summed E-state index contributed by atoms with van der Waals surface area (Å²) in [6.07, 6.45) is 3.74. The average molecular weight is 176 g/mol. The van der Waals surface area contributed by atoms with Crippen molar-refractivity contribution in [1.29, 1.82) is 0 Å². The van der Waals surface area contributed by atoms with Gasteiger partial charge in [0, 0.05) is 11.7 Å². The fourth-order valence-corrected chi connectivity index (χ4v) is 1.22. The number of hydrogen-bond donors (Lipinski definition) is 1. The molecule has 0 saturated carbocycles. The highest BCUT2D eigenvalue weighted by atomic mass is 14.8. The van der Waals surface area contributed by atoms with E-state index < -0.39 is 0 Å². The average Bonchev–Trinajstić information content (AvgIpc) is 2.14. The summed E-state index contributed by atoms with van der Waals surface area (Å²) in [5.74, 6) is 0. The zero-order valence-electron chi connectivity index (χ0n) is 8.03. The molecular weight excluding hydrogens is 160 g/mol. The van der Waals surface area contributed by atoms with Gasteiger partial charge in [0.2, 0.25) is 0 Å². The first-order valence-electron chi connectivity index (χ1n) is 4.54. The molecule has 1 atom stereocenters. The van der Waals surface area contributed by atoms with Gasteiger partial charge in [-0.15, -0.1) is 6.58 Å². The van der Waals surface area contributed by atoms with Crippen molar-refractivity contribution in [2.45, 2.75) is 25.8 Å². The number of aromatic nitrogens is 1. The molecule has 70 valence electrons. The predicted octanol–water partition coefficient (Wildman–Crippen LogP) is 2.36. The number of allylic oxidation sites excluding steroid dienone is 1. The van der Waals surface area contributed by atoms with Gasteiger partial charge >= 0.3 is 0 Å². The van der Waals surface area contributed by atoms with Crippen molar-refractivity contribution in [3.05, 3.63) is 42.2 Å². The first-order chi connectivity index (χ1) is 6.24. The van der Waals surface area contributed by atoms with E-state index in [2.05, 4.69) is 11.6 Å². The molecule has 0 spiro atoms. The molecule has 0 aromatic carbocycles. The number of nitrogens with two attached hydrogens (primary N) is 1. The van der Waals surface area contributed by atoms with Crippen LogP contribution in [0.1, 0.15) is 30.3 Å². The van der Waals surface area contributed by atoms with Gasteiger partial charge in [0.25, 0.3) is 0 Å². The van der Waals surface area contributed by atoms with Gasteiger partial charge in [-0.3, -0.25) is 4.98 Å². The van der Waals surface area contributed by atoms with E-state index in [1.165, 1.54) is 0 Å². The van der Waals surface area contributed by atoms with Crippen LogP contribution in [0.3, 0.4) is 0 Å². The van der Waals surface area contributed by atoms with Gasteiger partial charge in [0.15, 0.2) is 0 Å². The summed E-state index contributed by atoms with van der Waals surface area (Å²) in [7, 11) is 0. The molecule has 1 unspecified atom stereocenters. The van der Waals surface area contributed by atoms with Gasteiger partial charge in [0.1, 0.15) is 0 Å². The van der Waals surface area contributed by atoms with Crippen molar-refractivity contribution < 1.29 is 0 Å². The fraction of sp³-hybridized carbons (Fsp3) is 0.364. The Kier molecular flexibility index (Phi) is 3.65. The first kappa shape index (κ1) is 9.93. The summed E-state index contributed by atoms with van der Waals surface area (Å²) in [5, 5.41) is 0. The van der Waals surface area contributed by atoms with Crippen LogP contribution in [0, 0.1) is 6.92 Å². The van der Waals surface area contributed by atoms with Crippen LogP contribution in [0.4, 0.5) is 0 Å². The molecular formula is C11H16N2. The van der Waals surface area contributed by atoms with Gasteiger partial charge in [-0.2, -0.15) is 0 Å². The van der Waals surface area contributed by atoms with Crippen LogP contribution < -0.4 is 5.73 Å². The fourth-order valence-electron chi connectivity index (χ4n) is 1.22. The summed E-state index contributed by atoms with van der Waals surface area (Å²) in [6.45, 7) is 5.64. The standard InChI is InChI=1S/C11H16N2/c1-3-4-7-10(12)11-8-5-6-9(2)13-11/h3,5-6,8,10H,1,4,7,12H2,2H3. The van der Waals surface area contributed by atoms with Gasteiger partial charge in [-0.25, -0.2) is 0 Å². The maximum atomic E-state index is 5.94. The third-order valence-corrected chi connectivity index (χ3v) is 1.97. The Hall–Kier alpha value is -1.15. The molecule has 0 fully saturated rings. The number of hydrogen-bond acceptors (Lipinski definition) is 2. The lowest BCUT2D eigenvalue weighted by Crippen LogP contribution is -2.11. The minimum Gasteiger partial charge on any atom is -0.323 e. The van der Waals surface area contributed by atoms with Gasteiger partial charge < -0.3 is 5.73 Å². The second-order valence-electron chi connectivity index (χ2n) is 3.18. The molecule has 0 aliphatic heterocycles. The molecule has 2 heteroatoms. The molecule has 1 aromatic heterocycles. The predicted molar refractivity (Wildman–Crippen MR) is 55.3 cm³/mol. The lowest BCUT2D eigenvalue weighted by Gasteiger charge is -2.09. The van der Waals surface area contributed by atoms with E-state index in [0.717, 1.165) is 24.2 Å². The molecule has 1 aromatic rings. The lowest BCUT2D eigenvalue weighted by atomic mass is 10.1. The van der Waals surface area contributed by atoms with Gasteiger partial charge in [-0.1, -0.05) is 12.1 Å². The van der Waals surface area contributed by atoms with E-state index in [1.54, 1.807) is 0 Å². The van der Waals surface area contributed by atoms with Crippen molar-refractivity contribution in [3.63, 3.8) is 0 Å². The second-order valence-corrected chi connectivity index (χ2v) is 3.18. The molecule has 0 saturated heterocycles. The molecule has 0 aliphatic carbocycles. The summed E-state index contributed by atoms with van der Waals surface area (Å²) >= 11 is 0. The normalized spacial score (nSPS) is 12.5. The molecule has 0 aliphatic rings. The van der Waals surface area contributed by atoms with Crippen LogP contribution in [0.25, 0.3) is 0 Å². The minimum atomic E-state index is 0.0397. The third kappa shape index (κ3) is 2.99. The van der Waals surface area contributed by atoms with E-state index in [4.69, 9.17) is 5.73 Å². The van der Waals surface area contributed by atoms with Gasteiger partial charge in [-0.05, 0) is 31.9 Å². The van der Waals surface area contributed by atoms with Crippen molar-refractivity contribution in [1.82, 2.24) is 4.98 Å². The second kappa shape index (κ2) is 4.77. The van der Waals surface area contributed by atoms with Gasteiger partial charge in [0.05, 0.1) is 5.69 Å². The van der Waals surface area contributed by atoms with Crippen LogP contribution in [0.5, 0.6) is 0 Å². The SMILES string of the molecule is C=CCCC(N)c1cccc(C)n1. The zero-order chi connectivity index (χ0) is 9.68. The third-order valence-electron chi connectivity index (χ3n) is 1.97. The van der Waals surface area contributed by atoms with Crippen LogP contribution in [-0.4, -0.2) is 4.98 Å². The number of rotatable bonds is 4. The maximum Gasteiger partial charge on any atom is 0.0574 e. The van der Waals surface area contributed by atoms with E-state index in [9.17, 15) is 0 Å². The van der Waals surface area contributed by atoms with Crippen molar-refractivity contribution >= 4 is 0 Å². The van der Waals surface area contributed by atoms with E-state index >= 15 is 0 Å². The Balaban J connectivity index is 2.65. The Labute approximate surface area is 79.5 Å². The zero-order valence-corrected chi connectivity index (χ0v) is 8.03. The van der Waals surface area contributed by atoms with Crippen molar-refractivity contribution in [3.8, 4) is 0 Å². The Morgan fingerprint density at radius 3 is 3.00 bits per heavy atom. The Morgan fingerprint density at radius 2 is 2.38 bits per heavy atom. The largest absolute Gasteiger partial charge is 0.323 e. The molecule has 0 amide bonds. The topological polar surface area (TPSA) is 38.9 Å². The summed E-state index contributed by atoms with van der Waals surface area (Å²) in [4.78, 5) is 4.37. The Bertz CT molecular complexity index is 281. The summed E-state index contributed by atoms with van der Waals surface area (Å²) < 4.78 is 0. The number of nitrogens with zero attached hydrogens (tertiary/aromatic N) is 1. The summed E-state index contributed by atoms with van der Waals surface area (Å²) in [6, 6.07) is 5.98. The van der Waals surface area contributed by atoms with Crippen LogP contribution in [-0.2, 0) is 0 Å². The quantitative estimate of drug-likeness (QED) is 0.715. The maximum absolute atomic E-state index is 5.94. The summed E-state index contributed by atoms with van der Waals surface area (Å²) in [5.41, 5.74) is 7.93. The van der Waals surface area contributed by atoms with Crippen LogP contribution in [0.2, 0.25) is 0 Å². The lowest BCUT2D eigenvalue weighted by molar-refractivity contribution is 0.640. The number of aryl methyl sites for hydroxylation is 1.